The van der Waals surface area contributed by atoms with Gasteiger partial charge in [0, 0.05) is 13.0 Å². The van der Waals surface area contributed by atoms with Crippen molar-refractivity contribution in [1.29, 1.82) is 0 Å². The van der Waals surface area contributed by atoms with E-state index in [0.717, 1.165) is 43.4 Å². The predicted molar refractivity (Wildman–Crippen MR) is 102 cm³/mol. The van der Waals surface area contributed by atoms with Crippen LogP contribution in [0.3, 0.4) is 0 Å². The molecule has 2 amide bonds. The molecule has 0 saturated heterocycles. The number of benzene rings is 1. The Morgan fingerprint density at radius 1 is 1.15 bits per heavy atom. The van der Waals surface area contributed by atoms with Crippen LogP contribution in [-0.4, -0.2) is 21.6 Å². The average Bonchev–Trinajstić information content (AvgIpc) is 3.26. The minimum Gasteiger partial charge on any atom is -0.324 e. The topological polar surface area (TPSA) is 76.0 Å². The molecular formula is C20H26N4O2. The summed E-state index contributed by atoms with van der Waals surface area (Å²) in [7, 11) is 1.76. The second-order valence-electron chi connectivity index (χ2n) is 6.97. The highest BCUT2D eigenvalue weighted by Crippen LogP contribution is 2.29. The second kappa shape index (κ2) is 7.72. The van der Waals surface area contributed by atoms with E-state index in [9.17, 15) is 9.59 Å². The van der Waals surface area contributed by atoms with E-state index in [1.54, 1.807) is 17.8 Å². The molecule has 1 saturated carbocycles. The van der Waals surface area contributed by atoms with Gasteiger partial charge in [0.05, 0.1) is 17.1 Å². The van der Waals surface area contributed by atoms with Crippen LogP contribution in [0, 0.1) is 12.8 Å². The third kappa shape index (κ3) is 3.95. The van der Waals surface area contributed by atoms with Gasteiger partial charge in [0.25, 0.3) is 5.91 Å². The number of anilines is 2. The van der Waals surface area contributed by atoms with E-state index in [2.05, 4.69) is 15.7 Å². The van der Waals surface area contributed by atoms with Crippen LogP contribution in [0.25, 0.3) is 0 Å². The van der Waals surface area contributed by atoms with E-state index in [4.69, 9.17) is 0 Å². The van der Waals surface area contributed by atoms with Crippen molar-refractivity contribution in [3.05, 3.63) is 41.2 Å². The Morgan fingerprint density at radius 2 is 1.88 bits per heavy atom. The van der Waals surface area contributed by atoms with Gasteiger partial charge in [0.15, 0.2) is 0 Å². The summed E-state index contributed by atoms with van der Waals surface area (Å²) in [6.45, 7) is 3.96. The van der Waals surface area contributed by atoms with Crippen LogP contribution in [-0.2, 0) is 18.3 Å². The molecule has 0 unspecified atom stereocenters. The number of amides is 2. The normalized spacial score (nSPS) is 14.4. The number of hydrogen-bond acceptors (Lipinski definition) is 3. The molecule has 1 aliphatic rings. The van der Waals surface area contributed by atoms with Crippen LogP contribution in [0.2, 0.25) is 0 Å². The van der Waals surface area contributed by atoms with Crippen molar-refractivity contribution in [2.24, 2.45) is 13.0 Å². The van der Waals surface area contributed by atoms with Crippen LogP contribution in [0.4, 0.5) is 11.4 Å². The average molecular weight is 354 g/mol. The smallest absolute Gasteiger partial charge is 0.273 e. The van der Waals surface area contributed by atoms with Crippen LogP contribution >= 0.6 is 0 Å². The fourth-order valence-electron chi connectivity index (χ4n) is 3.39. The van der Waals surface area contributed by atoms with Crippen molar-refractivity contribution in [2.45, 2.75) is 46.0 Å². The molecule has 0 radical (unpaired) electrons. The van der Waals surface area contributed by atoms with Gasteiger partial charge in [0.2, 0.25) is 5.91 Å². The molecular weight excluding hydrogens is 328 g/mol. The molecule has 2 aromatic rings. The maximum Gasteiger partial charge on any atom is 0.273 e. The van der Waals surface area contributed by atoms with Gasteiger partial charge in [-0.25, -0.2) is 0 Å². The number of nitrogens with zero attached hydrogens (tertiary/aromatic N) is 2. The van der Waals surface area contributed by atoms with Crippen molar-refractivity contribution in [3.63, 3.8) is 0 Å². The lowest BCUT2D eigenvalue weighted by Crippen LogP contribution is -2.22. The highest BCUT2D eigenvalue weighted by molar-refractivity contribution is 6.06. The van der Waals surface area contributed by atoms with Gasteiger partial charge in [-0.15, -0.1) is 0 Å². The number of carbonyl (C=O) groups is 2. The molecule has 1 aliphatic carbocycles. The Morgan fingerprint density at radius 3 is 2.54 bits per heavy atom. The first kappa shape index (κ1) is 18.2. The number of aryl methyl sites for hydroxylation is 3. The van der Waals surface area contributed by atoms with Crippen molar-refractivity contribution < 1.29 is 9.59 Å². The molecule has 3 rings (SSSR count). The lowest BCUT2D eigenvalue weighted by molar-refractivity contribution is -0.119. The molecule has 6 heteroatoms. The Balaban J connectivity index is 1.79. The molecule has 0 bridgehead atoms. The fourth-order valence-corrected chi connectivity index (χ4v) is 3.39. The van der Waals surface area contributed by atoms with E-state index in [0.29, 0.717) is 17.1 Å². The minimum absolute atomic E-state index is 0.0376. The molecule has 0 aliphatic heterocycles. The van der Waals surface area contributed by atoms with Crippen LogP contribution in [0.5, 0.6) is 0 Å². The van der Waals surface area contributed by atoms with Crippen LogP contribution < -0.4 is 10.6 Å². The summed E-state index contributed by atoms with van der Waals surface area (Å²) in [5.74, 6) is -0.124. The number of hydrogen-bond donors (Lipinski definition) is 2. The van der Waals surface area contributed by atoms with Gasteiger partial charge in [0.1, 0.15) is 5.69 Å². The second-order valence-corrected chi connectivity index (χ2v) is 6.97. The van der Waals surface area contributed by atoms with E-state index < -0.39 is 0 Å². The summed E-state index contributed by atoms with van der Waals surface area (Å²) in [5, 5.41) is 10.2. The molecule has 6 nitrogen and oxygen atoms in total. The van der Waals surface area contributed by atoms with Gasteiger partial charge in [-0.2, -0.15) is 5.10 Å². The quantitative estimate of drug-likeness (QED) is 0.860. The van der Waals surface area contributed by atoms with E-state index in [1.807, 2.05) is 32.0 Å². The highest BCUT2D eigenvalue weighted by Gasteiger charge is 2.23. The third-order valence-corrected chi connectivity index (χ3v) is 4.93. The van der Waals surface area contributed by atoms with Crippen molar-refractivity contribution >= 4 is 23.2 Å². The summed E-state index contributed by atoms with van der Waals surface area (Å²) >= 11 is 0. The van der Waals surface area contributed by atoms with Crippen molar-refractivity contribution in [3.8, 4) is 0 Å². The monoisotopic (exact) mass is 354 g/mol. The van der Waals surface area contributed by atoms with Gasteiger partial charge < -0.3 is 10.6 Å². The SMILES string of the molecule is CCc1cc(C(=O)Nc2cc(C)ccc2NC(=O)C2CCCC2)n(C)n1. The summed E-state index contributed by atoms with van der Waals surface area (Å²) in [6.07, 6.45) is 4.86. The first-order chi connectivity index (χ1) is 12.5. The number of carbonyl (C=O) groups excluding carboxylic acids is 2. The number of aromatic nitrogens is 2. The Kier molecular flexibility index (Phi) is 5.40. The van der Waals surface area contributed by atoms with Gasteiger partial charge >= 0.3 is 0 Å². The zero-order valence-electron chi connectivity index (χ0n) is 15.6. The number of nitrogens with one attached hydrogen (secondary N) is 2. The summed E-state index contributed by atoms with van der Waals surface area (Å²) in [6, 6.07) is 7.44. The molecule has 1 aromatic heterocycles. The van der Waals surface area contributed by atoms with E-state index in [1.165, 1.54) is 0 Å². The fraction of sp³-hybridized carbons (Fsp3) is 0.450. The van der Waals surface area contributed by atoms with Gasteiger partial charge in [-0.1, -0.05) is 25.8 Å². The molecule has 26 heavy (non-hydrogen) atoms. The number of rotatable bonds is 5. The maximum atomic E-state index is 12.7. The molecule has 1 heterocycles. The molecule has 0 atom stereocenters. The zero-order chi connectivity index (χ0) is 18.7. The van der Waals surface area contributed by atoms with Crippen LogP contribution in [0.15, 0.2) is 24.3 Å². The third-order valence-electron chi connectivity index (χ3n) is 4.93. The molecule has 2 N–H and O–H groups in total. The molecule has 1 aromatic carbocycles. The molecule has 138 valence electrons. The highest BCUT2D eigenvalue weighted by atomic mass is 16.2. The standard InChI is InChI=1S/C20H26N4O2/c1-4-15-12-18(24(3)23-15)20(26)22-17-11-13(2)9-10-16(17)21-19(25)14-7-5-6-8-14/h9-12,14H,4-8H2,1-3H3,(H,21,25)(H,22,26). The van der Waals surface area contributed by atoms with E-state index in [-0.39, 0.29) is 17.7 Å². The Bertz CT molecular complexity index is 819. The first-order valence-electron chi connectivity index (χ1n) is 9.23. The molecule has 1 fully saturated rings. The van der Waals surface area contributed by atoms with Crippen molar-refractivity contribution in [2.75, 3.05) is 10.6 Å². The zero-order valence-corrected chi connectivity index (χ0v) is 15.6. The van der Waals surface area contributed by atoms with E-state index >= 15 is 0 Å². The van der Waals surface area contributed by atoms with Gasteiger partial charge in [-0.3, -0.25) is 14.3 Å². The lowest BCUT2D eigenvalue weighted by atomic mass is 10.1. The largest absolute Gasteiger partial charge is 0.324 e. The van der Waals surface area contributed by atoms with Gasteiger partial charge in [-0.05, 0) is 49.9 Å². The van der Waals surface area contributed by atoms with Crippen LogP contribution in [0.1, 0.15) is 54.4 Å². The summed E-state index contributed by atoms with van der Waals surface area (Å²) in [4.78, 5) is 25.2. The maximum absolute atomic E-state index is 12.7. The molecule has 0 spiro atoms. The lowest BCUT2D eigenvalue weighted by Gasteiger charge is -2.15. The summed E-state index contributed by atoms with van der Waals surface area (Å²) in [5.41, 5.74) is 3.63. The Labute approximate surface area is 154 Å². The predicted octanol–water partition coefficient (Wildman–Crippen LogP) is 3.67. The first-order valence-corrected chi connectivity index (χ1v) is 9.23. The Hall–Kier alpha value is -2.63. The minimum atomic E-state index is -0.235. The summed E-state index contributed by atoms with van der Waals surface area (Å²) < 4.78 is 1.58. The van der Waals surface area contributed by atoms with Crippen molar-refractivity contribution in [1.82, 2.24) is 9.78 Å².